The lowest BCUT2D eigenvalue weighted by atomic mass is 9.47. The minimum Gasteiger partial charge on any atom is -0.496 e. The van der Waals surface area contributed by atoms with Crippen LogP contribution < -0.4 is 15.0 Å². The van der Waals surface area contributed by atoms with E-state index < -0.39 is 40.0 Å². The van der Waals surface area contributed by atoms with Gasteiger partial charge in [0.25, 0.3) is 5.91 Å². The predicted octanol–water partition coefficient (Wildman–Crippen LogP) is 6.36. The number of H-pyrrole nitrogens is 1. The van der Waals surface area contributed by atoms with Gasteiger partial charge in [-0.05, 0) is 86.9 Å². The first-order valence-corrected chi connectivity index (χ1v) is 23.5. The van der Waals surface area contributed by atoms with E-state index in [-0.39, 0.29) is 30.4 Å². The number of anilines is 1. The zero-order chi connectivity index (χ0) is 45.6. The highest BCUT2D eigenvalue weighted by molar-refractivity contribution is 5.95. The molecule has 1 aliphatic carbocycles. The quantitative estimate of drug-likeness (QED) is 0.129. The fourth-order valence-corrected chi connectivity index (χ4v) is 14.0. The number of esters is 2. The number of amides is 1. The lowest BCUT2D eigenvalue weighted by Crippen LogP contribution is -2.81. The number of nitrogens with one attached hydrogen (secondary N) is 2. The summed E-state index contributed by atoms with van der Waals surface area (Å²) in [6.07, 6.45) is 9.05. The monoisotopic (exact) mass is 881 g/mol. The summed E-state index contributed by atoms with van der Waals surface area (Å²) >= 11 is 0. The first kappa shape index (κ1) is 43.5. The second-order valence-electron chi connectivity index (χ2n) is 19.7. The smallest absolute Gasteiger partial charge is 0.322 e. The summed E-state index contributed by atoms with van der Waals surface area (Å²) in [6, 6.07) is 19.1. The lowest BCUT2D eigenvalue weighted by molar-refractivity contribution is -0.216. The van der Waals surface area contributed by atoms with E-state index in [4.69, 9.17) is 14.2 Å². The van der Waals surface area contributed by atoms with Gasteiger partial charge in [0, 0.05) is 96.5 Å². The largest absolute Gasteiger partial charge is 0.496 e. The summed E-state index contributed by atoms with van der Waals surface area (Å²) in [6.45, 7) is 11.5. The molecule has 1 amide bonds. The predicted molar refractivity (Wildman–Crippen MR) is 250 cm³/mol. The van der Waals surface area contributed by atoms with Crippen LogP contribution >= 0.6 is 0 Å². The molecule has 2 fully saturated rings. The number of aliphatic hydroxyl groups is 1. The number of ether oxygens (including phenoxy) is 3. The third-order valence-corrected chi connectivity index (χ3v) is 16.5. The Hall–Kier alpha value is -5.43. The van der Waals surface area contributed by atoms with Crippen molar-refractivity contribution in [3.05, 3.63) is 118 Å². The number of carbonyl (C=O) groups is 3. The van der Waals surface area contributed by atoms with Crippen molar-refractivity contribution >= 4 is 34.4 Å². The molecule has 9 atom stereocenters. The van der Waals surface area contributed by atoms with Gasteiger partial charge in [0.2, 0.25) is 0 Å². The van der Waals surface area contributed by atoms with Crippen molar-refractivity contribution < 1.29 is 33.7 Å². The van der Waals surface area contributed by atoms with Gasteiger partial charge in [0.1, 0.15) is 22.9 Å². The number of benzene rings is 3. The summed E-state index contributed by atoms with van der Waals surface area (Å²) in [5, 5.41) is 18.2. The number of aromatic nitrogens is 1. The van der Waals surface area contributed by atoms with Gasteiger partial charge in [-0.2, -0.15) is 0 Å². The highest BCUT2D eigenvalue weighted by Gasteiger charge is 2.78. The van der Waals surface area contributed by atoms with Crippen molar-refractivity contribution in [2.45, 2.75) is 94.4 Å². The van der Waals surface area contributed by atoms with Crippen LogP contribution in [0.1, 0.15) is 84.8 Å². The molecule has 12 nitrogen and oxygen atoms in total. The number of aryl methyl sites for hydroxylation is 1. The van der Waals surface area contributed by atoms with Crippen molar-refractivity contribution in [1.29, 1.82) is 0 Å². The molecule has 6 aliphatic rings. The summed E-state index contributed by atoms with van der Waals surface area (Å²) < 4.78 is 19.0. The van der Waals surface area contributed by atoms with E-state index >= 15 is 4.79 Å². The first-order chi connectivity index (χ1) is 31.3. The molecule has 0 radical (unpaired) electrons. The van der Waals surface area contributed by atoms with Crippen molar-refractivity contribution in [3.8, 4) is 5.75 Å². The van der Waals surface area contributed by atoms with Gasteiger partial charge in [-0.1, -0.05) is 73.5 Å². The summed E-state index contributed by atoms with van der Waals surface area (Å²) in [5.41, 5.74) is 3.60. The van der Waals surface area contributed by atoms with Crippen molar-refractivity contribution in [2.75, 3.05) is 65.4 Å². The Morgan fingerprint density at radius 1 is 1.00 bits per heavy atom. The van der Waals surface area contributed by atoms with Gasteiger partial charge < -0.3 is 34.5 Å². The number of methoxy groups -OCH3 is 2. The van der Waals surface area contributed by atoms with Crippen LogP contribution in [0.25, 0.3) is 10.9 Å². The molecule has 4 aromatic rings. The van der Waals surface area contributed by atoms with Crippen LogP contribution in [-0.2, 0) is 36.3 Å². The van der Waals surface area contributed by atoms with E-state index in [0.717, 1.165) is 83.6 Å². The van der Waals surface area contributed by atoms with Crippen molar-refractivity contribution in [3.63, 3.8) is 0 Å². The normalized spacial score (nSPS) is 32.2. The molecule has 1 saturated carbocycles. The maximum Gasteiger partial charge on any atom is 0.322 e. The molecule has 3 N–H and O–H groups in total. The molecular formula is C53H63N5O7. The SMILES string of the molecule is CCC1=C[C@@H]2CN(CCc3c([nH]c4ccccc34)[C@@](C(=O)OC)(c3cc4c(cc3OC)N(C)[C@H]3C(O)(CNC(=O)c5ccc(C)cc5)[C@H](OC(C)=O)[C@]5(CC)C=CCN6CC[C@]43[C@@H]65)C2)C1. The Kier molecular flexibility index (Phi) is 10.6. The maximum absolute atomic E-state index is 15.5. The Labute approximate surface area is 382 Å². The van der Waals surface area contributed by atoms with Gasteiger partial charge in [0.15, 0.2) is 0 Å². The summed E-state index contributed by atoms with van der Waals surface area (Å²) in [5.74, 6) is -0.617. The molecule has 5 aliphatic heterocycles. The number of carbonyl (C=O) groups excluding carboxylic acids is 3. The number of nitrogens with zero attached hydrogens (tertiary/aromatic N) is 3. The van der Waals surface area contributed by atoms with E-state index in [0.29, 0.717) is 37.1 Å². The van der Waals surface area contributed by atoms with Crippen LogP contribution in [0, 0.1) is 18.3 Å². The van der Waals surface area contributed by atoms with Gasteiger partial charge in [-0.3, -0.25) is 24.2 Å². The number of para-hydroxylation sites is 1. The van der Waals surface area contributed by atoms with Gasteiger partial charge >= 0.3 is 11.9 Å². The zero-order valence-corrected chi connectivity index (χ0v) is 38.8. The highest BCUT2D eigenvalue weighted by Crippen LogP contribution is 2.68. The van der Waals surface area contributed by atoms with E-state index in [1.54, 1.807) is 19.2 Å². The molecule has 342 valence electrons. The number of likely N-dealkylation sites (N-methyl/N-ethyl adjacent to an activating group) is 1. The molecule has 10 rings (SSSR count). The molecule has 1 saturated heterocycles. The fourth-order valence-electron chi connectivity index (χ4n) is 14.0. The maximum atomic E-state index is 15.5. The average molecular weight is 882 g/mol. The summed E-state index contributed by atoms with van der Waals surface area (Å²) in [7, 11) is 5.14. The molecule has 6 heterocycles. The number of fused-ring (bicyclic) bond motifs is 6. The first-order valence-electron chi connectivity index (χ1n) is 23.5. The Morgan fingerprint density at radius 2 is 1.78 bits per heavy atom. The second kappa shape index (κ2) is 15.9. The third-order valence-electron chi connectivity index (χ3n) is 16.5. The van der Waals surface area contributed by atoms with Crippen molar-refractivity contribution in [1.82, 2.24) is 20.1 Å². The number of rotatable bonds is 9. The fraction of sp³-hybridized carbons (Fsp3) is 0.491. The van der Waals surface area contributed by atoms with Gasteiger partial charge in [-0.15, -0.1) is 0 Å². The third kappa shape index (κ3) is 6.22. The van der Waals surface area contributed by atoms with Crippen LogP contribution in [0.3, 0.4) is 0 Å². The van der Waals surface area contributed by atoms with Gasteiger partial charge in [-0.25, -0.2) is 0 Å². The van der Waals surface area contributed by atoms with Crippen LogP contribution in [0.2, 0.25) is 0 Å². The minimum atomic E-state index is -1.80. The molecule has 1 aromatic heterocycles. The van der Waals surface area contributed by atoms with Crippen LogP contribution in [-0.4, -0.2) is 122 Å². The second-order valence-corrected chi connectivity index (χ2v) is 19.7. The lowest BCUT2D eigenvalue weighted by Gasteiger charge is -2.64. The number of aromatic amines is 1. The standard InChI is InChI=1S/C53H63N5O7/c1-8-34-25-35-28-52(49(61)64-7,44-38(19-23-57(29-34)30-35)37-13-10-11-14-41(37)55-44)40-26-39-42(27-43(40)63-6)56(5)47-51(39)21-24-58-22-12-20-50(9-2,46(51)58)48(65-33(4)59)53(47,62)31-54-45(60)36-17-15-32(3)16-18-36/h10-18,20,25-27,35,46-48,55,62H,8-9,19,21-24,28-31H2,1-7H3,(H,54,60)/t35-,46-,47+,48+,50+,51+,52-,53?/m0/s1. The van der Waals surface area contributed by atoms with E-state index in [2.05, 4.69) is 87.4 Å². The molecule has 65 heavy (non-hydrogen) atoms. The molecule has 3 aromatic carbocycles. The van der Waals surface area contributed by atoms with E-state index in [9.17, 15) is 14.7 Å². The molecule has 2 bridgehead atoms. The van der Waals surface area contributed by atoms with Gasteiger partial charge in [0.05, 0.1) is 26.8 Å². The molecule has 12 heteroatoms. The molecular weight excluding hydrogens is 819 g/mol. The minimum absolute atomic E-state index is 0.0290. The van der Waals surface area contributed by atoms with Crippen molar-refractivity contribution in [2.24, 2.45) is 11.3 Å². The Morgan fingerprint density at radius 3 is 2.51 bits per heavy atom. The van der Waals surface area contributed by atoms with Crippen LogP contribution in [0.4, 0.5) is 5.69 Å². The molecule has 1 spiro atoms. The highest BCUT2D eigenvalue weighted by atomic mass is 16.6. The number of hydrogen-bond acceptors (Lipinski definition) is 10. The Balaban J connectivity index is 1.23. The van der Waals surface area contributed by atoms with Crippen LogP contribution in [0.15, 0.2) is 84.5 Å². The average Bonchev–Trinajstić information content (AvgIpc) is 3.97. The Bertz CT molecular complexity index is 2640. The van der Waals surface area contributed by atoms with E-state index in [1.807, 2.05) is 32.2 Å². The molecule has 2 unspecified atom stereocenters. The summed E-state index contributed by atoms with van der Waals surface area (Å²) in [4.78, 5) is 53.8. The van der Waals surface area contributed by atoms with Crippen LogP contribution in [0.5, 0.6) is 5.75 Å². The van der Waals surface area contributed by atoms with E-state index in [1.165, 1.54) is 19.6 Å². The topological polar surface area (TPSA) is 137 Å². The zero-order valence-electron chi connectivity index (χ0n) is 38.8. The number of hydrogen-bond donors (Lipinski definition) is 3.